The van der Waals surface area contributed by atoms with Gasteiger partial charge in [0, 0.05) is 5.02 Å². The van der Waals surface area contributed by atoms with Crippen molar-refractivity contribution < 1.29 is 9.18 Å². The minimum absolute atomic E-state index is 0.00653. The third kappa shape index (κ3) is 4.81. The van der Waals surface area contributed by atoms with Gasteiger partial charge in [-0.25, -0.2) is 4.39 Å². The van der Waals surface area contributed by atoms with E-state index in [4.69, 9.17) is 11.6 Å². The molecule has 0 aliphatic rings. The van der Waals surface area contributed by atoms with E-state index in [2.05, 4.69) is 38.2 Å². The smallest absolute Gasteiger partial charge is 0.225 e. The van der Waals surface area contributed by atoms with Crippen LogP contribution in [0.3, 0.4) is 0 Å². The molecule has 0 heterocycles. The summed E-state index contributed by atoms with van der Waals surface area (Å²) in [5.41, 5.74) is 2.70. The lowest BCUT2D eigenvalue weighted by Crippen LogP contribution is -2.28. The Balaban J connectivity index is 2.01. The lowest BCUT2D eigenvalue weighted by Gasteiger charge is -2.20. The van der Waals surface area contributed by atoms with Gasteiger partial charge in [-0.1, -0.05) is 62.7 Å². The van der Waals surface area contributed by atoms with E-state index in [1.165, 1.54) is 11.6 Å². The van der Waals surface area contributed by atoms with E-state index in [0.29, 0.717) is 10.6 Å². The average Bonchev–Trinajstić information content (AvgIpc) is 2.49. The van der Waals surface area contributed by atoms with Crippen LogP contribution in [0, 0.1) is 5.82 Å². The molecule has 0 aliphatic heterocycles. The first-order chi connectivity index (χ1) is 11.2. The van der Waals surface area contributed by atoms with E-state index in [-0.39, 0.29) is 23.8 Å². The van der Waals surface area contributed by atoms with Gasteiger partial charge in [0.15, 0.2) is 0 Å². The van der Waals surface area contributed by atoms with Gasteiger partial charge < -0.3 is 5.32 Å². The highest BCUT2D eigenvalue weighted by molar-refractivity contribution is 6.30. The van der Waals surface area contributed by atoms with Crippen LogP contribution in [0.15, 0.2) is 42.5 Å². The van der Waals surface area contributed by atoms with Crippen LogP contribution >= 0.6 is 11.6 Å². The Morgan fingerprint density at radius 3 is 2.33 bits per heavy atom. The molecule has 2 rings (SSSR count). The fourth-order valence-corrected chi connectivity index (χ4v) is 2.64. The molecule has 2 aromatic carbocycles. The predicted octanol–water partition coefficient (Wildman–Crippen LogP) is 5.20. The van der Waals surface area contributed by atoms with Crippen LogP contribution in [-0.2, 0) is 16.6 Å². The standard InChI is InChI=1S/C20H23ClFNO/c1-13(14-5-8-16(9-6-14)20(2,3)4)23-19(24)11-15-7-10-17(21)12-18(15)22/h5-10,12-13H,11H2,1-4H3,(H,23,24)/t13-/m0/s1. The second kappa shape index (κ2) is 7.35. The van der Waals surface area contributed by atoms with Gasteiger partial charge in [0.05, 0.1) is 12.5 Å². The third-order valence-corrected chi connectivity index (χ3v) is 4.26. The van der Waals surface area contributed by atoms with Gasteiger partial charge in [-0.15, -0.1) is 0 Å². The quantitative estimate of drug-likeness (QED) is 0.809. The number of nitrogens with one attached hydrogen (secondary N) is 1. The Bertz CT molecular complexity index is 719. The molecule has 0 saturated carbocycles. The molecule has 0 spiro atoms. The van der Waals surface area contributed by atoms with E-state index in [1.807, 2.05) is 19.1 Å². The van der Waals surface area contributed by atoms with Gasteiger partial charge in [-0.3, -0.25) is 4.79 Å². The molecule has 1 N–H and O–H groups in total. The van der Waals surface area contributed by atoms with E-state index in [9.17, 15) is 9.18 Å². The van der Waals surface area contributed by atoms with Gasteiger partial charge >= 0.3 is 0 Å². The summed E-state index contributed by atoms with van der Waals surface area (Å²) in [4.78, 5) is 12.1. The van der Waals surface area contributed by atoms with Crippen LogP contribution < -0.4 is 5.32 Å². The van der Waals surface area contributed by atoms with Crippen LogP contribution in [0.5, 0.6) is 0 Å². The van der Waals surface area contributed by atoms with Crippen LogP contribution in [0.4, 0.5) is 4.39 Å². The molecule has 0 fully saturated rings. The summed E-state index contributed by atoms with van der Waals surface area (Å²) in [7, 11) is 0. The van der Waals surface area contributed by atoms with Crippen molar-refractivity contribution in [2.24, 2.45) is 0 Å². The fourth-order valence-electron chi connectivity index (χ4n) is 2.49. The lowest BCUT2D eigenvalue weighted by atomic mass is 9.86. The molecule has 2 aromatic rings. The van der Waals surface area contributed by atoms with E-state index >= 15 is 0 Å². The Hall–Kier alpha value is -1.87. The highest BCUT2D eigenvalue weighted by Crippen LogP contribution is 2.24. The summed E-state index contributed by atoms with van der Waals surface area (Å²) in [6.07, 6.45) is -0.00653. The first kappa shape index (κ1) is 18.5. The second-order valence-corrected chi connectivity index (χ2v) is 7.51. The van der Waals surface area contributed by atoms with Crippen LogP contribution in [0.2, 0.25) is 5.02 Å². The van der Waals surface area contributed by atoms with Crippen molar-refractivity contribution in [2.75, 3.05) is 0 Å². The van der Waals surface area contributed by atoms with Gasteiger partial charge in [0.1, 0.15) is 5.82 Å². The van der Waals surface area contributed by atoms with Crippen molar-refractivity contribution in [1.82, 2.24) is 5.32 Å². The number of benzene rings is 2. The highest BCUT2D eigenvalue weighted by atomic mass is 35.5. The molecule has 2 nitrogen and oxygen atoms in total. The van der Waals surface area contributed by atoms with Crippen molar-refractivity contribution in [2.45, 2.75) is 45.6 Å². The average molecular weight is 348 g/mol. The maximum absolute atomic E-state index is 13.8. The molecule has 0 radical (unpaired) electrons. The normalized spacial score (nSPS) is 12.8. The number of hydrogen-bond donors (Lipinski definition) is 1. The molecule has 0 aliphatic carbocycles. The molecule has 24 heavy (non-hydrogen) atoms. The third-order valence-electron chi connectivity index (χ3n) is 4.02. The summed E-state index contributed by atoms with van der Waals surface area (Å²) < 4.78 is 13.8. The van der Waals surface area contributed by atoms with E-state index in [1.54, 1.807) is 12.1 Å². The fraction of sp³-hybridized carbons (Fsp3) is 0.350. The van der Waals surface area contributed by atoms with Crippen LogP contribution in [0.1, 0.15) is 50.4 Å². The molecular formula is C20H23ClFNO. The molecule has 0 aromatic heterocycles. The van der Waals surface area contributed by atoms with Gasteiger partial charge in [0.2, 0.25) is 5.91 Å². The summed E-state index contributed by atoms with van der Waals surface area (Å²) >= 11 is 5.72. The Morgan fingerprint density at radius 1 is 1.17 bits per heavy atom. The highest BCUT2D eigenvalue weighted by Gasteiger charge is 2.15. The molecule has 1 atom stereocenters. The zero-order valence-corrected chi connectivity index (χ0v) is 15.2. The van der Waals surface area contributed by atoms with Gasteiger partial charge in [-0.2, -0.15) is 0 Å². The first-order valence-electron chi connectivity index (χ1n) is 8.00. The topological polar surface area (TPSA) is 29.1 Å². The number of rotatable bonds is 4. The molecule has 4 heteroatoms. The molecule has 0 bridgehead atoms. The summed E-state index contributed by atoms with van der Waals surface area (Å²) in [6.45, 7) is 8.40. The predicted molar refractivity (Wildman–Crippen MR) is 96.8 cm³/mol. The zero-order chi connectivity index (χ0) is 17.9. The largest absolute Gasteiger partial charge is 0.349 e. The minimum Gasteiger partial charge on any atom is -0.349 e. The monoisotopic (exact) mass is 347 g/mol. The summed E-state index contributed by atoms with van der Waals surface area (Å²) in [5, 5.41) is 3.23. The summed E-state index contributed by atoms with van der Waals surface area (Å²) in [5.74, 6) is -0.677. The zero-order valence-electron chi connectivity index (χ0n) is 14.5. The number of carbonyl (C=O) groups excluding carboxylic acids is 1. The molecular weight excluding hydrogens is 325 g/mol. The lowest BCUT2D eigenvalue weighted by molar-refractivity contribution is -0.121. The van der Waals surface area contributed by atoms with Crippen LogP contribution in [-0.4, -0.2) is 5.91 Å². The molecule has 1 amide bonds. The molecule has 128 valence electrons. The number of halogens is 2. The van der Waals surface area contributed by atoms with E-state index < -0.39 is 5.82 Å². The first-order valence-corrected chi connectivity index (χ1v) is 8.38. The van der Waals surface area contributed by atoms with Crippen molar-refractivity contribution >= 4 is 17.5 Å². The number of hydrogen-bond acceptors (Lipinski definition) is 1. The number of carbonyl (C=O) groups is 1. The van der Waals surface area contributed by atoms with Crippen LogP contribution in [0.25, 0.3) is 0 Å². The van der Waals surface area contributed by atoms with Crippen molar-refractivity contribution in [3.05, 3.63) is 70.0 Å². The maximum atomic E-state index is 13.8. The molecule has 0 saturated heterocycles. The van der Waals surface area contributed by atoms with E-state index in [0.717, 1.165) is 5.56 Å². The Kier molecular flexibility index (Phi) is 5.66. The van der Waals surface area contributed by atoms with Gasteiger partial charge in [-0.05, 0) is 41.2 Å². The van der Waals surface area contributed by atoms with Crippen molar-refractivity contribution in [3.8, 4) is 0 Å². The van der Waals surface area contributed by atoms with Gasteiger partial charge in [0.25, 0.3) is 0 Å². The summed E-state index contributed by atoms with van der Waals surface area (Å²) in [6, 6.07) is 12.4. The number of amides is 1. The Morgan fingerprint density at radius 2 is 1.79 bits per heavy atom. The molecule has 0 unspecified atom stereocenters. The van der Waals surface area contributed by atoms with Crippen molar-refractivity contribution in [3.63, 3.8) is 0 Å². The van der Waals surface area contributed by atoms with Crippen molar-refractivity contribution in [1.29, 1.82) is 0 Å². The Labute approximate surface area is 148 Å². The second-order valence-electron chi connectivity index (χ2n) is 7.07. The maximum Gasteiger partial charge on any atom is 0.225 e. The minimum atomic E-state index is -0.458. The SMILES string of the molecule is C[C@H](NC(=O)Cc1ccc(Cl)cc1F)c1ccc(C(C)(C)C)cc1.